The average molecular weight is 182 g/mol. The van der Waals surface area contributed by atoms with E-state index >= 15 is 0 Å². The van der Waals surface area contributed by atoms with Crippen molar-refractivity contribution in [3.8, 4) is 0 Å². The van der Waals surface area contributed by atoms with Crippen LogP contribution in [-0.4, -0.2) is 50.0 Å². The summed E-state index contributed by atoms with van der Waals surface area (Å²) in [5.41, 5.74) is 0. The summed E-state index contributed by atoms with van der Waals surface area (Å²) in [6, 6.07) is 0. The Morgan fingerprint density at radius 3 is 3.08 bits per heavy atom. The molecule has 0 aromatic carbocycles. The number of aliphatic imine (C=N–C) groups is 1. The van der Waals surface area contributed by atoms with Gasteiger partial charge in [-0.2, -0.15) is 0 Å². The second kappa shape index (κ2) is 4.72. The van der Waals surface area contributed by atoms with E-state index in [1.165, 1.54) is 32.5 Å². The van der Waals surface area contributed by atoms with E-state index in [-0.39, 0.29) is 0 Å². The molecule has 0 N–H and O–H groups in total. The molecule has 2 fully saturated rings. The molecule has 2 aliphatic rings. The Labute approximate surface area is 79.8 Å². The SMILES string of the molecule is C(CCN1CC1)=NCC1CCCO1. The molecule has 13 heavy (non-hydrogen) atoms. The summed E-state index contributed by atoms with van der Waals surface area (Å²) in [7, 11) is 0. The summed E-state index contributed by atoms with van der Waals surface area (Å²) in [5, 5.41) is 0. The zero-order valence-electron chi connectivity index (χ0n) is 8.11. The third kappa shape index (κ3) is 3.44. The standard InChI is InChI=1S/C10H18N2O/c1-3-10(13-8-1)9-11-4-2-5-12-6-7-12/h4,10H,1-3,5-9H2. The molecule has 2 aliphatic heterocycles. The Kier molecular flexibility index (Phi) is 3.33. The van der Waals surface area contributed by atoms with Gasteiger partial charge in [-0.05, 0) is 19.3 Å². The van der Waals surface area contributed by atoms with Crippen LogP contribution in [0.1, 0.15) is 19.3 Å². The second-order valence-electron chi connectivity index (χ2n) is 3.81. The number of ether oxygens (including phenoxy) is 1. The summed E-state index contributed by atoms with van der Waals surface area (Å²) < 4.78 is 5.47. The molecule has 0 aromatic rings. The first-order valence-electron chi connectivity index (χ1n) is 5.27. The van der Waals surface area contributed by atoms with E-state index in [1.54, 1.807) is 0 Å². The Morgan fingerprint density at radius 1 is 1.46 bits per heavy atom. The molecule has 0 aliphatic carbocycles. The predicted octanol–water partition coefficient (Wildman–Crippen LogP) is 0.942. The van der Waals surface area contributed by atoms with Crippen molar-refractivity contribution in [3.63, 3.8) is 0 Å². The van der Waals surface area contributed by atoms with Gasteiger partial charge in [-0.1, -0.05) is 0 Å². The third-order valence-corrected chi connectivity index (χ3v) is 2.58. The molecule has 2 heterocycles. The first kappa shape index (κ1) is 9.16. The first-order valence-corrected chi connectivity index (χ1v) is 5.27. The first-order chi connectivity index (χ1) is 6.45. The van der Waals surface area contributed by atoms with Crippen LogP contribution in [0.15, 0.2) is 4.99 Å². The maximum Gasteiger partial charge on any atom is 0.0770 e. The fourth-order valence-corrected chi connectivity index (χ4v) is 1.61. The zero-order valence-corrected chi connectivity index (χ0v) is 8.11. The molecule has 3 heteroatoms. The fraction of sp³-hybridized carbons (Fsp3) is 0.900. The van der Waals surface area contributed by atoms with Crippen LogP contribution in [0.2, 0.25) is 0 Å². The van der Waals surface area contributed by atoms with Gasteiger partial charge in [-0.15, -0.1) is 0 Å². The fourth-order valence-electron chi connectivity index (χ4n) is 1.61. The van der Waals surface area contributed by atoms with E-state index in [0.717, 1.165) is 19.6 Å². The minimum atomic E-state index is 0.414. The highest BCUT2D eigenvalue weighted by Crippen LogP contribution is 2.11. The van der Waals surface area contributed by atoms with E-state index in [1.807, 2.05) is 0 Å². The molecule has 3 nitrogen and oxygen atoms in total. The summed E-state index contributed by atoms with van der Waals surface area (Å²) in [6.45, 7) is 5.59. The van der Waals surface area contributed by atoms with Gasteiger partial charge in [-0.3, -0.25) is 4.99 Å². The van der Waals surface area contributed by atoms with Gasteiger partial charge in [-0.25, -0.2) is 0 Å². The molecular weight excluding hydrogens is 164 g/mol. The molecule has 74 valence electrons. The van der Waals surface area contributed by atoms with Gasteiger partial charge in [0, 0.05) is 32.5 Å². The molecule has 0 radical (unpaired) electrons. The van der Waals surface area contributed by atoms with Crippen molar-refractivity contribution in [2.45, 2.75) is 25.4 Å². The summed E-state index contributed by atoms with van der Waals surface area (Å²) in [4.78, 5) is 6.79. The molecular formula is C10H18N2O. The molecule has 1 unspecified atom stereocenters. The van der Waals surface area contributed by atoms with Crippen molar-refractivity contribution in [2.75, 3.05) is 32.8 Å². The number of hydrogen-bond acceptors (Lipinski definition) is 3. The van der Waals surface area contributed by atoms with Crippen LogP contribution in [0.25, 0.3) is 0 Å². The highest BCUT2D eigenvalue weighted by atomic mass is 16.5. The third-order valence-electron chi connectivity index (χ3n) is 2.58. The van der Waals surface area contributed by atoms with Crippen LogP contribution in [0, 0.1) is 0 Å². The van der Waals surface area contributed by atoms with Crippen molar-refractivity contribution in [3.05, 3.63) is 0 Å². The Morgan fingerprint density at radius 2 is 2.38 bits per heavy atom. The topological polar surface area (TPSA) is 24.6 Å². The predicted molar refractivity (Wildman–Crippen MR) is 53.4 cm³/mol. The van der Waals surface area contributed by atoms with Gasteiger partial charge < -0.3 is 9.64 Å². The minimum Gasteiger partial charge on any atom is -0.376 e. The highest BCUT2D eigenvalue weighted by molar-refractivity contribution is 5.57. The van der Waals surface area contributed by atoms with E-state index in [0.29, 0.717) is 6.10 Å². The maximum absolute atomic E-state index is 5.47. The van der Waals surface area contributed by atoms with Crippen LogP contribution >= 0.6 is 0 Å². The summed E-state index contributed by atoms with van der Waals surface area (Å²) in [6.07, 6.45) is 5.99. The van der Waals surface area contributed by atoms with E-state index in [2.05, 4.69) is 16.1 Å². The van der Waals surface area contributed by atoms with Gasteiger partial charge in [0.15, 0.2) is 0 Å². The van der Waals surface area contributed by atoms with Gasteiger partial charge in [0.05, 0.1) is 12.6 Å². The van der Waals surface area contributed by atoms with Crippen LogP contribution < -0.4 is 0 Å². The van der Waals surface area contributed by atoms with Crippen LogP contribution in [0.4, 0.5) is 0 Å². The molecule has 0 saturated carbocycles. The quantitative estimate of drug-likeness (QED) is 0.467. The zero-order chi connectivity index (χ0) is 8.93. The lowest BCUT2D eigenvalue weighted by Gasteiger charge is -2.03. The van der Waals surface area contributed by atoms with Crippen molar-refractivity contribution in [1.29, 1.82) is 0 Å². The van der Waals surface area contributed by atoms with Crippen molar-refractivity contribution >= 4 is 6.21 Å². The van der Waals surface area contributed by atoms with E-state index in [4.69, 9.17) is 4.74 Å². The molecule has 0 bridgehead atoms. The molecule has 0 spiro atoms. The lowest BCUT2D eigenvalue weighted by molar-refractivity contribution is 0.118. The number of hydrogen-bond donors (Lipinski definition) is 0. The Balaban J connectivity index is 1.50. The summed E-state index contributed by atoms with van der Waals surface area (Å²) >= 11 is 0. The van der Waals surface area contributed by atoms with Gasteiger partial charge in [0.25, 0.3) is 0 Å². The van der Waals surface area contributed by atoms with Gasteiger partial charge in [0.2, 0.25) is 0 Å². The Hall–Kier alpha value is -0.410. The molecule has 0 aromatic heterocycles. The lowest BCUT2D eigenvalue weighted by Crippen LogP contribution is -2.09. The van der Waals surface area contributed by atoms with Crippen LogP contribution in [-0.2, 0) is 4.74 Å². The average Bonchev–Trinajstić information content (AvgIpc) is 2.81. The van der Waals surface area contributed by atoms with Crippen molar-refractivity contribution in [1.82, 2.24) is 4.90 Å². The summed E-state index contributed by atoms with van der Waals surface area (Å²) in [5.74, 6) is 0. The van der Waals surface area contributed by atoms with Crippen molar-refractivity contribution in [2.24, 2.45) is 4.99 Å². The molecule has 0 amide bonds. The smallest absolute Gasteiger partial charge is 0.0770 e. The monoisotopic (exact) mass is 182 g/mol. The largest absolute Gasteiger partial charge is 0.376 e. The normalized spacial score (nSPS) is 28.8. The lowest BCUT2D eigenvalue weighted by atomic mass is 10.2. The van der Waals surface area contributed by atoms with Gasteiger partial charge >= 0.3 is 0 Å². The number of rotatable bonds is 5. The molecule has 1 atom stereocenters. The maximum atomic E-state index is 5.47. The number of nitrogens with zero attached hydrogens (tertiary/aromatic N) is 2. The molecule has 2 rings (SSSR count). The highest BCUT2D eigenvalue weighted by Gasteiger charge is 2.15. The van der Waals surface area contributed by atoms with Crippen LogP contribution in [0.5, 0.6) is 0 Å². The van der Waals surface area contributed by atoms with E-state index in [9.17, 15) is 0 Å². The van der Waals surface area contributed by atoms with Gasteiger partial charge in [0.1, 0.15) is 0 Å². The minimum absolute atomic E-state index is 0.414. The van der Waals surface area contributed by atoms with Crippen LogP contribution in [0.3, 0.4) is 0 Å². The Bertz CT molecular complexity index is 172. The van der Waals surface area contributed by atoms with E-state index < -0.39 is 0 Å². The van der Waals surface area contributed by atoms with Crippen molar-refractivity contribution < 1.29 is 4.74 Å². The molecule has 2 saturated heterocycles. The second-order valence-corrected chi connectivity index (χ2v) is 3.81.